The normalized spacial score (nSPS) is 20.8. The van der Waals surface area contributed by atoms with Gasteiger partial charge in [-0.05, 0) is 18.6 Å². The van der Waals surface area contributed by atoms with Gasteiger partial charge < -0.3 is 25.8 Å². The van der Waals surface area contributed by atoms with Crippen LogP contribution in [0.2, 0.25) is 0 Å². The summed E-state index contributed by atoms with van der Waals surface area (Å²) >= 11 is 0. The maximum atomic E-state index is 9.99. The Morgan fingerprint density at radius 3 is 2.92 bits per heavy atom. The number of anilines is 2. The third kappa shape index (κ3) is 2.36. The second kappa shape index (κ2) is 5.73. The van der Waals surface area contributed by atoms with Gasteiger partial charge in [-0.25, -0.2) is 15.0 Å². The van der Waals surface area contributed by atoms with Crippen molar-refractivity contribution in [3.05, 3.63) is 30.7 Å². The van der Waals surface area contributed by atoms with Crippen LogP contribution in [0.15, 0.2) is 30.7 Å². The van der Waals surface area contributed by atoms with E-state index in [4.69, 9.17) is 5.73 Å². The molecule has 0 radical (unpaired) electrons. The number of nitrogens with two attached hydrogens (primary N) is 1. The van der Waals surface area contributed by atoms with Gasteiger partial charge >= 0.3 is 0 Å². The van der Waals surface area contributed by atoms with Crippen LogP contribution in [0.3, 0.4) is 0 Å². The Balaban J connectivity index is 1.89. The monoisotopic (exact) mass is 326 g/mol. The molecule has 0 unspecified atom stereocenters. The third-order valence-electron chi connectivity index (χ3n) is 4.41. The van der Waals surface area contributed by atoms with Crippen LogP contribution in [0.4, 0.5) is 11.6 Å². The van der Waals surface area contributed by atoms with Gasteiger partial charge in [-0.1, -0.05) is 0 Å². The van der Waals surface area contributed by atoms with Crippen molar-refractivity contribution in [3.63, 3.8) is 0 Å². The van der Waals surface area contributed by atoms with E-state index in [1.807, 2.05) is 17.2 Å². The van der Waals surface area contributed by atoms with Crippen molar-refractivity contribution < 1.29 is 10.2 Å². The molecule has 8 heteroatoms. The zero-order chi connectivity index (χ0) is 16.7. The molecule has 124 valence electrons. The number of hydrogen-bond acceptors (Lipinski definition) is 7. The minimum absolute atomic E-state index is 0.0128. The summed E-state index contributed by atoms with van der Waals surface area (Å²) in [6.45, 7) is 0.460. The maximum Gasteiger partial charge on any atom is 0.220 e. The molecule has 1 saturated heterocycles. The zero-order valence-electron chi connectivity index (χ0n) is 12.9. The number of nitrogens with one attached hydrogen (secondary N) is 1. The number of aliphatic hydroxyl groups excluding tert-OH is 2. The van der Waals surface area contributed by atoms with Crippen LogP contribution in [0.1, 0.15) is 6.42 Å². The van der Waals surface area contributed by atoms with E-state index in [9.17, 15) is 10.2 Å². The first kappa shape index (κ1) is 14.9. The standard InChI is InChI=1S/C16H18N6O2/c17-16-19-3-1-12(21-16)11-6-20-15-14(11)13(2-4-18-15)22-7-10(24)5-9(22)8-23/h1-4,6,9-10,23-24H,5,7-8H2,(H,18,20)(H2,17,19,21)/t9-,10-/m0/s1. The van der Waals surface area contributed by atoms with E-state index < -0.39 is 6.10 Å². The van der Waals surface area contributed by atoms with E-state index in [1.54, 1.807) is 18.5 Å². The average molecular weight is 326 g/mol. The Morgan fingerprint density at radius 2 is 2.12 bits per heavy atom. The SMILES string of the molecule is Nc1nccc(-c2c[nH]c3nccc(N4C[C@@H](O)C[C@H]4CO)c23)n1. The predicted octanol–water partition coefficient (Wildman–Crippen LogP) is 0.534. The fourth-order valence-electron chi connectivity index (χ4n) is 3.36. The van der Waals surface area contributed by atoms with Crippen LogP contribution < -0.4 is 10.6 Å². The second-order valence-corrected chi connectivity index (χ2v) is 5.93. The Kier molecular flexibility index (Phi) is 3.55. The molecule has 4 rings (SSSR count). The number of aliphatic hydroxyl groups is 2. The van der Waals surface area contributed by atoms with Crippen LogP contribution >= 0.6 is 0 Å². The highest BCUT2D eigenvalue weighted by Gasteiger charge is 2.32. The van der Waals surface area contributed by atoms with Gasteiger partial charge in [0.1, 0.15) is 5.65 Å². The van der Waals surface area contributed by atoms with Crippen molar-refractivity contribution >= 4 is 22.7 Å². The molecule has 8 nitrogen and oxygen atoms in total. The zero-order valence-corrected chi connectivity index (χ0v) is 12.9. The lowest BCUT2D eigenvalue weighted by Gasteiger charge is -2.26. The van der Waals surface area contributed by atoms with E-state index >= 15 is 0 Å². The Hall–Kier alpha value is -2.71. The summed E-state index contributed by atoms with van der Waals surface area (Å²) in [6, 6.07) is 3.56. The number of nitrogen functional groups attached to an aromatic ring is 1. The first-order valence-electron chi connectivity index (χ1n) is 7.78. The molecule has 3 aromatic rings. The Morgan fingerprint density at radius 1 is 1.29 bits per heavy atom. The number of β-amino-alcohol motifs (C(OH)–C–C–N with tert-alkyl or cyclic N) is 1. The van der Waals surface area contributed by atoms with Crippen LogP contribution in [-0.4, -0.2) is 55.4 Å². The highest BCUT2D eigenvalue weighted by molar-refractivity contribution is 6.02. The summed E-state index contributed by atoms with van der Waals surface area (Å²) in [6.07, 6.45) is 5.25. The Bertz CT molecular complexity index is 880. The van der Waals surface area contributed by atoms with Gasteiger partial charge in [-0.15, -0.1) is 0 Å². The number of hydrogen-bond donors (Lipinski definition) is 4. The molecule has 0 aliphatic carbocycles. The van der Waals surface area contributed by atoms with Crippen molar-refractivity contribution in [3.8, 4) is 11.3 Å². The third-order valence-corrected chi connectivity index (χ3v) is 4.41. The number of aromatic amines is 1. The minimum Gasteiger partial charge on any atom is -0.394 e. The van der Waals surface area contributed by atoms with Gasteiger partial charge in [0.2, 0.25) is 5.95 Å². The molecule has 4 heterocycles. The predicted molar refractivity (Wildman–Crippen MR) is 90.4 cm³/mol. The van der Waals surface area contributed by atoms with Crippen LogP contribution in [0.25, 0.3) is 22.3 Å². The first-order valence-corrected chi connectivity index (χ1v) is 7.78. The lowest BCUT2D eigenvalue weighted by atomic mass is 10.1. The van der Waals surface area contributed by atoms with Crippen molar-refractivity contribution in [2.24, 2.45) is 0 Å². The lowest BCUT2D eigenvalue weighted by Crippen LogP contribution is -2.32. The van der Waals surface area contributed by atoms with Crippen LogP contribution in [0, 0.1) is 0 Å². The number of pyridine rings is 1. The molecule has 0 bridgehead atoms. The van der Waals surface area contributed by atoms with Gasteiger partial charge in [-0.2, -0.15) is 0 Å². The molecule has 0 aromatic carbocycles. The molecule has 2 atom stereocenters. The van der Waals surface area contributed by atoms with Gasteiger partial charge in [0.25, 0.3) is 0 Å². The number of nitrogens with zero attached hydrogens (tertiary/aromatic N) is 4. The number of aromatic nitrogens is 4. The molecule has 5 N–H and O–H groups in total. The minimum atomic E-state index is -0.456. The van der Waals surface area contributed by atoms with E-state index in [0.717, 1.165) is 22.3 Å². The fourth-order valence-corrected chi connectivity index (χ4v) is 3.36. The molecule has 1 fully saturated rings. The van der Waals surface area contributed by atoms with Gasteiger partial charge in [-0.3, -0.25) is 0 Å². The summed E-state index contributed by atoms with van der Waals surface area (Å²) < 4.78 is 0. The molecular weight excluding hydrogens is 308 g/mol. The molecule has 1 aliphatic rings. The van der Waals surface area contributed by atoms with Crippen LogP contribution in [0.5, 0.6) is 0 Å². The summed E-state index contributed by atoms with van der Waals surface area (Å²) in [5.74, 6) is 0.206. The van der Waals surface area contributed by atoms with E-state index in [2.05, 4.69) is 19.9 Å². The summed E-state index contributed by atoms with van der Waals surface area (Å²) in [7, 11) is 0. The number of H-pyrrole nitrogens is 1. The van der Waals surface area contributed by atoms with Gasteiger partial charge in [0.15, 0.2) is 0 Å². The molecule has 3 aromatic heterocycles. The van der Waals surface area contributed by atoms with Gasteiger partial charge in [0, 0.05) is 30.7 Å². The molecule has 24 heavy (non-hydrogen) atoms. The largest absolute Gasteiger partial charge is 0.394 e. The van der Waals surface area contributed by atoms with E-state index in [1.165, 1.54) is 0 Å². The number of fused-ring (bicyclic) bond motifs is 1. The molecule has 0 spiro atoms. The van der Waals surface area contributed by atoms with Crippen molar-refractivity contribution in [1.82, 2.24) is 19.9 Å². The van der Waals surface area contributed by atoms with Crippen molar-refractivity contribution in [2.75, 3.05) is 23.8 Å². The second-order valence-electron chi connectivity index (χ2n) is 5.93. The maximum absolute atomic E-state index is 9.99. The first-order chi connectivity index (χ1) is 11.7. The smallest absolute Gasteiger partial charge is 0.220 e. The van der Waals surface area contributed by atoms with Crippen molar-refractivity contribution in [1.29, 1.82) is 0 Å². The highest BCUT2D eigenvalue weighted by Crippen LogP contribution is 2.37. The summed E-state index contributed by atoms with van der Waals surface area (Å²) in [4.78, 5) is 17.8. The molecule has 0 saturated carbocycles. The molecular formula is C16H18N6O2. The molecule has 1 aliphatic heterocycles. The van der Waals surface area contributed by atoms with Crippen LogP contribution in [-0.2, 0) is 0 Å². The topological polar surface area (TPSA) is 124 Å². The average Bonchev–Trinajstić information content (AvgIpc) is 3.17. The van der Waals surface area contributed by atoms with E-state index in [-0.39, 0.29) is 18.6 Å². The Labute approximate surface area is 138 Å². The van der Waals surface area contributed by atoms with Crippen molar-refractivity contribution in [2.45, 2.75) is 18.6 Å². The number of rotatable bonds is 3. The fraction of sp³-hybridized carbons (Fsp3) is 0.312. The van der Waals surface area contributed by atoms with E-state index in [0.29, 0.717) is 18.7 Å². The summed E-state index contributed by atoms with van der Waals surface area (Å²) in [5, 5.41) is 20.5. The molecule has 0 amide bonds. The summed E-state index contributed by atoms with van der Waals surface area (Å²) in [5.41, 5.74) is 8.89. The highest BCUT2D eigenvalue weighted by atomic mass is 16.3. The van der Waals surface area contributed by atoms with Gasteiger partial charge in [0.05, 0.1) is 35.5 Å². The lowest BCUT2D eigenvalue weighted by molar-refractivity contribution is 0.184. The quantitative estimate of drug-likeness (QED) is 0.553.